The molecule has 0 spiro atoms. The fourth-order valence-corrected chi connectivity index (χ4v) is 0.672. The van der Waals surface area contributed by atoms with Gasteiger partial charge in [0.05, 0.1) is 5.69 Å². The lowest BCUT2D eigenvalue weighted by Gasteiger charge is -1.96. The predicted octanol–water partition coefficient (Wildman–Crippen LogP) is 0.0629. The first-order valence-electron chi connectivity index (χ1n) is 2.97. The van der Waals surface area contributed by atoms with Crippen LogP contribution in [0.3, 0.4) is 0 Å². The highest BCUT2D eigenvalue weighted by molar-refractivity contribution is 5.92. The first-order valence-corrected chi connectivity index (χ1v) is 2.97. The number of primary amides is 1. The first kappa shape index (κ1) is 7.68. The molecule has 11 heavy (non-hydrogen) atoms. The average Bonchev–Trinajstić information content (AvgIpc) is 2.05. The highest BCUT2D eigenvalue weighted by atomic mass is 16.3. The van der Waals surface area contributed by atoms with Crippen molar-refractivity contribution in [3.63, 3.8) is 0 Å². The molecule has 4 heteroatoms. The summed E-state index contributed by atoms with van der Waals surface area (Å²) in [4.78, 5) is 14.3. The van der Waals surface area contributed by atoms with Crippen molar-refractivity contribution in [1.82, 2.24) is 4.98 Å². The lowest BCUT2D eigenvalue weighted by Crippen LogP contribution is -2.11. The number of aromatic nitrogens is 1. The van der Waals surface area contributed by atoms with Gasteiger partial charge in [0.25, 0.3) is 0 Å². The molecular formula is C7H7N2O2. The van der Waals surface area contributed by atoms with Gasteiger partial charge in [-0.15, -0.1) is 0 Å². The highest BCUT2D eigenvalue weighted by Crippen LogP contribution is 2.00. The molecule has 0 atom stereocenters. The van der Waals surface area contributed by atoms with Crippen molar-refractivity contribution in [2.45, 2.75) is 0 Å². The summed E-state index contributed by atoms with van der Waals surface area (Å²) in [7, 11) is 0. The summed E-state index contributed by atoms with van der Waals surface area (Å²) in [6.07, 6.45) is 1.40. The molecule has 1 radical (unpaired) electrons. The van der Waals surface area contributed by atoms with Gasteiger partial charge in [0.15, 0.2) is 0 Å². The summed E-state index contributed by atoms with van der Waals surface area (Å²) in [5.41, 5.74) is 5.63. The third-order valence-corrected chi connectivity index (χ3v) is 1.20. The Morgan fingerprint density at radius 1 is 1.73 bits per heavy atom. The van der Waals surface area contributed by atoms with Crippen LogP contribution in [-0.4, -0.2) is 16.0 Å². The van der Waals surface area contributed by atoms with Gasteiger partial charge in [-0.1, -0.05) is 0 Å². The van der Waals surface area contributed by atoms with Crippen molar-refractivity contribution in [3.8, 4) is 0 Å². The van der Waals surface area contributed by atoms with Gasteiger partial charge in [-0.25, -0.2) is 0 Å². The van der Waals surface area contributed by atoms with Crippen LogP contribution in [0.5, 0.6) is 0 Å². The second kappa shape index (κ2) is 3.12. The number of nitrogens with two attached hydrogens (primary N) is 1. The van der Waals surface area contributed by atoms with E-state index < -0.39 is 5.91 Å². The highest BCUT2D eigenvalue weighted by Gasteiger charge is 2.00. The van der Waals surface area contributed by atoms with Crippen LogP contribution in [-0.2, 0) is 0 Å². The second-order valence-corrected chi connectivity index (χ2v) is 1.96. The lowest BCUT2D eigenvalue weighted by atomic mass is 10.2. The van der Waals surface area contributed by atoms with Gasteiger partial charge in [0, 0.05) is 11.8 Å². The van der Waals surface area contributed by atoms with E-state index in [-0.39, 0.29) is 0 Å². The Morgan fingerprint density at radius 3 is 3.00 bits per heavy atom. The minimum absolute atomic E-state index is 0.321. The fraction of sp³-hybridized carbons (Fsp3) is 0. The number of rotatable bonds is 2. The monoisotopic (exact) mass is 151 g/mol. The van der Waals surface area contributed by atoms with E-state index in [4.69, 9.17) is 10.8 Å². The normalized spacial score (nSPS) is 9.55. The first-order chi connectivity index (χ1) is 5.24. The smallest absolute Gasteiger partial charge is 0.248 e. The maximum Gasteiger partial charge on any atom is 0.248 e. The zero-order chi connectivity index (χ0) is 8.27. The van der Waals surface area contributed by atoms with E-state index in [1.54, 1.807) is 0 Å². The van der Waals surface area contributed by atoms with Crippen LogP contribution in [0.15, 0.2) is 18.3 Å². The van der Waals surface area contributed by atoms with Crippen molar-refractivity contribution in [2.75, 3.05) is 0 Å². The number of carbonyl (C=O) groups excluding carboxylic acids is 1. The molecule has 0 fully saturated rings. The van der Waals surface area contributed by atoms with Crippen molar-refractivity contribution < 1.29 is 9.90 Å². The van der Waals surface area contributed by atoms with Crippen LogP contribution in [0, 0.1) is 6.61 Å². The maximum atomic E-state index is 10.6. The number of hydrogen-bond donors (Lipinski definition) is 2. The number of nitrogens with zero attached hydrogens (tertiary/aromatic N) is 1. The third-order valence-electron chi connectivity index (χ3n) is 1.20. The Balaban J connectivity index is 3.01. The van der Waals surface area contributed by atoms with Crippen LogP contribution in [0.25, 0.3) is 0 Å². The minimum atomic E-state index is -0.532. The van der Waals surface area contributed by atoms with Gasteiger partial charge in [-0.05, 0) is 12.1 Å². The summed E-state index contributed by atoms with van der Waals surface area (Å²) in [6.45, 7) is 0.812. The molecule has 0 aromatic carbocycles. The van der Waals surface area contributed by atoms with Gasteiger partial charge >= 0.3 is 0 Å². The van der Waals surface area contributed by atoms with E-state index in [9.17, 15) is 4.79 Å². The molecule has 4 nitrogen and oxygen atoms in total. The summed E-state index contributed by atoms with van der Waals surface area (Å²) < 4.78 is 0. The molecule has 0 aliphatic carbocycles. The summed E-state index contributed by atoms with van der Waals surface area (Å²) in [6, 6.07) is 2.89. The molecule has 0 aliphatic heterocycles. The van der Waals surface area contributed by atoms with E-state index in [1.165, 1.54) is 18.3 Å². The molecule has 0 bridgehead atoms. The zero-order valence-corrected chi connectivity index (χ0v) is 5.69. The van der Waals surface area contributed by atoms with Crippen molar-refractivity contribution in [2.24, 2.45) is 5.73 Å². The Labute approximate surface area is 63.7 Å². The number of aliphatic hydroxyl groups is 1. The Morgan fingerprint density at radius 2 is 2.45 bits per heavy atom. The van der Waals surface area contributed by atoms with E-state index in [0.29, 0.717) is 11.3 Å². The van der Waals surface area contributed by atoms with Crippen LogP contribution in [0.2, 0.25) is 0 Å². The Bertz CT molecular complexity index is 273. The topological polar surface area (TPSA) is 76.2 Å². The average molecular weight is 151 g/mol. The SMILES string of the molecule is NC(=O)c1ccnc([CH]O)c1. The largest absolute Gasteiger partial charge is 0.384 e. The number of carbonyl (C=O) groups is 1. The molecule has 0 saturated carbocycles. The van der Waals surface area contributed by atoms with E-state index in [1.807, 2.05) is 0 Å². The number of pyridine rings is 1. The molecule has 0 saturated heterocycles. The van der Waals surface area contributed by atoms with E-state index in [0.717, 1.165) is 6.61 Å². The molecule has 3 N–H and O–H groups in total. The standard InChI is InChI=1S/C7H7N2O2/c8-7(11)5-1-2-9-6(3-5)4-10/h1-4,10H,(H2,8,11). The van der Waals surface area contributed by atoms with Crippen molar-refractivity contribution in [3.05, 3.63) is 36.2 Å². The molecule has 0 unspecified atom stereocenters. The Hall–Kier alpha value is -1.42. The fourth-order valence-electron chi connectivity index (χ4n) is 0.672. The summed E-state index contributed by atoms with van der Waals surface area (Å²) in [5, 5.41) is 8.50. The molecule has 1 heterocycles. The quantitative estimate of drug-likeness (QED) is 0.627. The minimum Gasteiger partial charge on any atom is -0.384 e. The van der Waals surface area contributed by atoms with Gasteiger partial charge in [0.2, 0.25) is 5.91 Å². The molecule has 1 amide bonds. The number of aliphatic hydroxyl groups excluding tert-OH is 1. The molecular weight excluding hydrogens is 144 g/mol. The molecule has 1 rings (SSSR count). The summed E-state index contributed by atoms with van der Waals surface area (Å²) >= 11 is 0. The van der Waals surface area contributed by atoms with Gasteiger partial charge in [-0.3, -0.25) is 9.78 Å². The number of amides is 1. The molecule has 1 aromatic heterocycles. The van der Waals surface area contributed by atoms with Gasteiger partial charge < -0.3 is 10.8 Å². The third kappa shape index (κ3) is 1.75. The maximum absolute atomic E-state index is 10.6. The van der Waals surface area contributed by atoms with E-state index >= 15 is 0 Å². The Kier molecular flexibility index (Phi) is 2.18. The van der Waals surface area contributed by atoms with Gasteiger partial charge in [-0.2, -0.15) is 0 Å². The predicted molar refractivity (Wildman–Crippen MR) is 38.1 cm³/mol. The summed E-state index contributed by atoms with van der Waals surface area (Å²) in [5.74, 6) is -0.532. The van der Waals surface area contributed by atoms with Gasteiger partial charge in [0.1, 0.15) is 6.61 Å². The number of hydrogen-bond acceptors (Lipinski definition) is 3. The van der Waals surface area contributed by atoms with E-state index in [2.05, 4.69) is 4.98 Å². The zero-order valence-electron chi connectivity index (χ0n) is 5.69. The molecule has 1 aromatic rings. The van der Waals surface area contributed by atoms with Crippen LogP contribution < -0.4 is 5.73 Å². The lowest BCUT2D eigenvalue weighted by molar-refractivity contribution is 0.1000. The van der Waals surface area contributed by atoms with Crippen molar-refractivity contribution in [1.29, 1.82) is 0 Å². The van der Waals surface area contributed by atoms with Crippen molar-refractivity contribution >= 4 is 5.91 Å². The van der Waals surface area contributed by atoms with Crippen LogP contribution in [0.4, 0.5) is 0 Å². The van der Waals surface area contributed by atoms with Crippen LogP contribution in [0.1, 0.15) is 16.1 Å². The molecule has 57 valence electrons. The second-order valence-electron chi connectivity index (χ2n) is 1.96. The van der Waals surface area contributed by atoms with Crippen LogP contribution >= 0.6 is 0 Å². The molecule has 0 aliphatic rings.